The van der Waals surface area contributed by atoms with E-state index in [9.17, 15) is 9.59 Å². The number of hydrogen-bond acceptors (Lipinski definition) is 2. The Morgan fingerprint density at radius 3 is 2.92 bits per heavy atom. The fraction of sp³-hybridized carbons (Fsp3) is 0.100. The van der Waals surface area contributed by atoms with Crippen LogP contribution in [0.15, 0.2) is 30.5 Å². The second-order valence-corrected chi connectivity index (χ2v) is 2.82. The number of benzene rings is 1. The molecule has 0 bridgehead atoms. The molecule has 0 fully saturated rings. The van der Waals surface area contributed by atoms with E-state index in [1.807, 2.05) is 24.3 Å². The van der Waals surface area contributed by atoms with E-state index in [0.29, 0.717) is 6.42 Å². The third-order valence-corrected chi connectivity index (χ3v) is 2.04. The summed E-state index contributed by atoms with van der Waals surface area (Å²) in [6.45, 7) is 0. The van der Waals surface area contributed by atoms with Crippen molar-refractivity contribution in [2.75, 3.05) is 4.90 Å². The molecule has 0 saturated carbocycles. The van der Waals surface area contributed by atoms with Crippen molar-refractivity contribution in [1.29, 1.82) is 0 Å². The number of rotatable bonds is 1. The molecule has 0 aromatic heterocycles. The average molecular weight is 173 g/mol. The Hall–Kier alpha value is -1.86. The van der Waals surface area contributed by atoms with Gasteiger partial charge in [0.25, 0.3) is 0 Å². The molecule has 64 valence electrons. The Morgan fingerprint density at radius 1 is 1.38 bits per heavy atom. The lowest BCUT2D eigenvalue weighted by Gasteiger charge is -2.08. The largest absolute Gasteiger partial charge is 0.277 e. The van der Waals surface area contributed by atoms with Crippen LogP contribution in [-0.2, 0) is 16.0 Å². The van der Waals surface area contributed by atoms with Gasteiger partial charge in [-0.15, -0.1) is 0 Å². The molecule has 1 aliphatic rings. The van der Waals surface area contributed by atoms with E-state index in [4.69, 9.17) is 0 Å². The molecule has 0 spiro atoms. The minimum absolute atomic E-state index is 0.0791. The monoisotopic (exact) mass is 173 g/mol. The van der Waals surface area contributed by atoms with Crippen LogP contribution in [0.3, 0.4) is 0 Å². The highest BCUT2D eigenvalue weighted by atomic mass is 16.2. The maximum Gasteiger partial charge on any atom is 0.236 e. The first-order chi connectivity index (χ1) is 6.33. The van der Waals surface area contributed by atoms with Crippen molar-refractivity contribution in [2.45, 2.75) is 6.42 Å². The van der Waals surface area contributed by atoms with Gasteiger partial charge < -0.3 is 0 Å². The van der Waals surface area contributed by atoms with Crippen molar-refractivity contribution in [3.63, 3.8) is 0 Å². The Kier molecular flexibility index (Phi) is 1.72. The predicted octanol–water partition coefficient (Wildman–Crippen LogP) is 0.921. The molecule has 2 rings (SSSR count). The average Bonchev–Trinajstić information content (AvgIpc) is 2.44. The molecular weight excluding hydrogens is 166 g/mol. The molecule has 1 amide bonds. The summed E-state index contributed by atoms with van der Waals surface area (Å²) in [5.41, 5.74) is 1.75. The zero-order chi connectivity index (χ0) is 9.26. The van der Waals surface area contributed by atoms with Crippen molar-refractivity contribution >= 4 is 17.5 Å². The van der Waals surface area contributed by atoms with Crippen LogP contribution < -0.4 is 4.90 Å². The Morgan fingerprint density at radius 2 is 2.15 bits per heavy atom. The summed E-state index contributed by atoms with van der Waals surface area (Å²) in [6.07, 6.45) is 1.50. The summed E-state index contributed by atoms with van der Waals surface area (Å²) in [5, 5.41) is 0. The zero-order valence-electron chi connectivity index (χ0n) is 6.86. The minimum atomic E-state index is -0.0791. The number of para-hydroxylation sites is 1. The molecule has 1 heterocycles. The summed E-state index contributed by atoms with van der Waals surface area (Å²) >= 11 is 0. The minimum Gasteiger partial charge on any atom is -0.277 e. The normalized spacial score (nSPS) is 13.8. The summed E-state index contributed by atoms with van der Waals surface area (Å²) in [7, 11) is 0. The molecule has 1 aromatic rings. The van der Waals surface area contributed by atoms with Gasteiger partial charge in [-0.25, -0.2) is 4.79 Å². The van der Waals surface area contributed by atoms with Gasteiger partial charge in [0.1, 0.15) is 5.94 Å². The number of fused-ring (bicyclic) bond motifs is 1. The topological polar surface area (TPSA) is 37.4 Å². The number of carbonyl (C=O) groups excluding carboxylic acids is 2. The van der Waals surface area contributed by atoms with Gasteiger partial charge in [-0.05, 0) is 11.6 Å². The third-order valence-electron chi connectivity index (χ3n) is 2.04. The van der Waals surface area contributed by atoms with E-state index in [2.05, 4.69) is 0 Å². The van der Waals surface area contributed by atoms with Gasteiger partial charge in [-0.2, -0.15) is 0 Å². The van der Waals surface area contributed by atoms with Crippen molar-refractivity contribution in [3.8, 4) is 0 Å². The Balaban J connectivity index is 2.52. The summed E-state index contributed by atoms with van der Waals surface area (Å²) < 4.78 is 0. The smallest absolute Gasteiger partial charge is 0.236 e. The highest BCUT2D eigenvalue weighted by Gasteiger charge is 2.24. The van der Waals surface area contributed by atoms with E-state index in [1.54, 1.807) is 5.94 Å². The fourth-order valence-electron chi connectivity index (χ4n) is 1.47. The first-order valence-corrected chi connectivity index (χ1v) is 3.94. The van der Waals surface area contributed by atoms with Gasteiger partial charge in [-0.1, -0.05) is 18.2 Å². The Bertz CT molecular complexity index is 405. The van der Waals surface area contributed by atoms with E-state index in [-0.39, 0.29) is 5.91 Å². The number of amides is 1. The maximum absolute atomic E-state index is 11.3. The molecule has 0 aliphatic carbocycles. The second-order valence-electron chi connectivity index (χ2n) is 2.82. The maximum atomic E-state index is 11.3. The molecule has 0 atom stereocenters. The number of nitrogens with zero attached hydrogens (tertiary/aromatic N) is 1. The van der Waals surface area contributed by atoms with Crippen molar-refractivity contribution in [2.24, 2.45) is 0 Å². The molecule has 3 nitrogen and oxygen atoms in total. The molecule has 13 heavy (non-hydrogen) atoms. The predicted molar refractivity (Wildman–Crippen MR) is 47.9 cm³/mol. The van der Waals surface area contributed by atoms with Gasteiger partial charge in [0.2, 0.25) is 5.91 Å². The van der Waals surface area contributed by atoms with Crippen LogP contribution in [0.4, 0.5) is 5.69 Å². The Labute approximate surface area is 75.3 Å². The van der Waals surface area contributed by atoms with Crippen LogP contribution in [0.1, 0.15) is 5.56 Å². The van der Waals surface area contributed by atoms with Gasteiger partial charge >= 0.3 is 0 Å². The zero-order valence-corrected chi connectivity index (χ0v) is 6.86. The van der Waals surface area contributed by atoms with Gasteiger partial charge in [0.15, 0.2) is 0 Å². The van der Waals surface area contributed by atoms with Gasteiger partial charge in [-0.3, -0.25) is 9.69 Å². The number of anilines is 1. The van der Waals surface area contributed by atoms with E-state index in [1.165, 1.54) is 4.90 Å². The lowest BCUT2D eigenvalue weighted by Crippen LogP contribution is -2.19. The summed E-state index contributed by atoms with van der Waals surface area (Å²) in [4.78, 5) is 22.8. The molecule has 0 N–H and O–H groups in total. The molecular formula is C10H7NO2. The van der Waals surface area contributed by atoms with Crippen molar-refractivity contribution in [3.05, 3.63) is 36.0 Å². The van der Waals surface area contributed by atoms with Crippen LogP contribution in [0, 0.1) is 0 Å². The number of carbonyl (C=O) groups is 1. The van der Waals surface area contributed by atoms with Crippen molar-refractivity contribution < 1.29 is 9.59 Å². The van der Waals surface area contributed by atoms with E-state index < -0.39 is 0 Å². The molecule has 0 radical (unpaired) electrons. The summed E-state index contributed by atoms with van der Waals surface area (Å²) in [5.74, 6) is 1.53. The highest BCUT2D eigenvalue weighted by Crippen LogP contribution is 2.27. The van der Waals surface area contributed by atoms with E-state index in [0.717, 1.165) is 17.5 Å². The van der Waals surface area contributed by atoms with Gasteiger partial charge in [0.05, 0.1) is 18.3 Å². The van der Waals surface area contributed by atoms with Crippen LogP contribution in [0.25, 0.3) is 0 Å². The fourth-order valence-corrected chi connectivity index (χ4v) is 1.47. The summed E-state index contributed by atoms with van der Waals surface area (Å²) in [6, 6.07) is 7.41. The molecule has 0 unspecified atom stereocenters. The van der Waals surface area contributed by atoms with Crippen LogP contribution in [-0.4, -0.2) is 11.8 Å². The third kappa shape index (κ3) is 1.15. The standard InChI is InChI=1S/C10H7NO2/c12-6-5-11-9-4-2-1-3-8(9)7-10(11)13/h1-5H,7H2. The highest BCUT2D eigenvalue weighted by molar-refractivity contribution is 6.03. The molecule has 1 aromatic carbocycles. The van der Waals surface area contributed by atoms with E-state index >= 15 is 0 Å². The van der Waals surface area contributed by atoms with Crippen molar-refractivity contribution in [1.82, 2.24) is 0 Å². The lowest BCUT2D eigenvalue weighted by atomic mass is 10.2. The van der Waals surface area contributed by atoms with Crippen LogP contribution >= 0.6 is 0 Å². The molecule has 1 aliphatic heterocycles. The van der Waals surface area contributed by atoms with Crippen LogP contribution in [0.5, 0.6) is 0 Å². The lowest BCUT2D eigenvalue weighted by molar-refractivity contribution is -0.116. The quantitative estimate of drug-likeness (QED) is 0.592. The number of hydrogen-bond donors (Lipinski definition) is 0. The van der Waals surface area contributed by atoms with Gasteiger partial charge in [0, 0.05) is 0 Å². The second kappa shape index (κ2) is 2.88. The SMILES string of the molecule is O=C=CN1C(=O)Cc2ccccc21. The first kappa shape index (κ1) is 7.77. The molecule has 3 heteroatoms. The molecule has 0 saturated heterocycles. The first-order valence-electron chi connectivity index (χ1n) is 3.94. The van der Waals surface area contributed by atoms with Crippen LogP contribution in [0.2, 0.25) is 0 Å².